The summed E-state index contributed by atoms with van der Waals surface area (Å²) < 4.78 is 39.5. The second kappa shape index (κ2) is 13.6. The fourth-order valence-electron chi connectivity index (χ4n) is 4.57. The maximum atomic E-state index is 14.8. The number of aromatic nitrogens is 5. The molecule has 0 aliphatic carbocycles. The summed E-state index contributed by atoms with van der Waals surface area (Å²) in [6, 6.07) is 16.1. The van der Waals surface area contributed by atoms with Gasteiger partial charge >= 0.3 is 12.0 Å². The third-order valence-corrected chi connectivity index (χ3v) is 6.89. The Labute approximate surface area is 256 Å². The maximum absolute atomic E-state index is 14.8. The van der Waals surface area contributed by atoms with Crippen molar-refractivity contribution in [1.29, 1.82) is 0 Å². The molecule has 0 atom stereocenters. The highest BCUT2D eigenvalue weighted by molar-refractivity contribution is 6.05. The first-order chi connectivity index (χ1) is 21.7. The van der Waals surface area contributed by atoms with Crippen molar-refractivity contribution in [2.45, 2.75) is 0 Å². The quantitative estimate of drug-likeness (QED) is 0.247. The van der Waals surface area contributed by atoms with Crippen LogP contribution in [0.4, 0.5) is 26.1 Å². The first-order valence-corrected chi connectivity index (χ1v) is 13.7. The second-order valence-electron chi connectivity index (χ2n) is 9.72. The summed E-state index contributed by atoms with van der Waals surface area (Å²) in [7, 11) is 2.88. The van der Waals surface area contributed by atoms with Gasteiger partial charge in [-0.2, -0.15) is 15.1 Å². The number of carbonyl (C=O) groups is 2. The summed E-state index contributed by atoms with van der Waals surface area (Å²) in [5, 5.41) is 10.2. The Balaban J connectivity index is 0.000000383. The number of nitrogens with zero attached hydrogens (tertiary/aromatic N) is 6. The number of anilines is 3. The molecule has 2 amide bonds. The molecule has 1 fully saturated rings. The Hall–Kier alpha value is -5.86. The molecule has 5 aromatic rings. The lowest BCUT2D eigenvalue weighted by Crippen LogP contribution is -2.47. The Morgan fingerprint density at radius 1 is 0.867 bits per heavy atom. The van der Waals surface area contributed by atoms with Gasteiger partial charge in [0.15, 0.2) is 0 Å². The van der Waals surface area contributed by atoms with E-state index in [1.807, 2.05) is 11.0 Å². The van der Waals surface area contributed by atoms with E-state index in [0.29, 0.717) is 43.4 Å². The molecule has 232 valence electrons. The molecule has 13 nitrogen and oxygen atoms in total. The highest BCUT2D eigenvalue weighted by Crippen LogP contribution is 2.27. The number of fused-ring (bicyclic) bond motifs is 1. The first-order valence-electron chi connectivity index (χ1n) is 13.7. The number of hydrogen-bond donors (Lipinski definition) is 3. The van der Waals surface area contributed by atoms with Gasteiger partial charge in [-0.3, -0.25) is 14.7 Å². The normalized spacial score (nSPS) is 12.7. The van der Waals surface area contributed by atoms with Crippen LogP contribution in [0.25, 0.3) is 10.9 Å². The zero-order chi connectivity index (χ0) is 31.9. The van der Waals surface area contributed by atoms with Crippen molar-refractivity contribution in [3.8, 4) is 12.0 Å². The Kier molecular flexibility index (Phi) is 9.26. The number of primary amides is 1. The lowest BCUT2D eigenvalue weighted by Gasteiger charge is -2.36. The molecule has 15 heteroatoms. The van der Waals surface area contributed by atoms with Crippen molar-refractivity contribution in [1.82, 2.24) is 25.1 Å². The number of halogens is 2. The Bertz CT molecular complexity index is 1790. The van der Waals surface area contributed by atoms with Crippen molar-refractivity contribution < 1.29 is 27.8 Å². The topological polar surface area (TPSA) is 164 Å². The Morgan fingerprint density at radius 3 is 2.16 bits per heavy atom. The van der Waals surface area contributed by atoms with Gasteiger partial charge in [-0.25, -0.2) is 8.78 Å². The number of amides is 2. The van der Waals surface area contributed by atoms with E-state index >= 15 is 0 Å². The number of methoxy groups -OCH3 is 2. The molecular formula is C30H29F2N9O4. The van der Waals surface area contributed by atoms with E-state index < -0.39 is 17.5 Å². The van der Waals surface area contributed by atoms with E-state index in [-0.39, 0.29) is 29.2 Å². The van der Waals surface area contributed by atoms with E-state index in [2.05, 4.69) is 30.5 Å². The molecule has 4 N–H and O–H groups in total. The average molecular weight is 618 g/mol. The predicted octanol–water partition coefficient (Wildman–Crippen LogP) is 3.41. The predicted molar refractivity (Wildman–Crippen MR) is 163 cm³/mol. The molecule has 1 aliphatic heterocycles. The van der Waals surface area contributed by atoms with Crippen LogP contribution < -0.4 is 30.3 Å². The standard InChI is InChI=1S/C23H22F2N8O3.C7H7NO/c1-35-22-28-21(29-23(30-22)36-2)33-7-5-32(6-8-33)19-10-15(16(24)11-17(19)25)20(34)27-14-3-4-18-13(9-14)12-26-31-18;8-7(9)6-4-2-1-3-5-6/h3-4,9-12H,5-8H2,1-2H3,(H,26,31)(H,27,34);1-5H,(H2,8,9). The number of H-pyrrole nitrogens is 1. The molecule has 0 unspecified atom stereocenters. The van der Waals surface area contributed by atoms with E-state index in [9.17, 15) is 18.4 Å². The first kappa shape index (κ1) is 30.6. The number of hydrogen-bond acceptors (Lipinski definition) is 10. The molecular weight excluding hydrogens is 588 g/mol. The van der Waals surface area contributed by atoms with Gasteiger partial charge in [0.2, 0.25) is 11.9 Å². The highest BCUT2D eigenvalue weighted by Gasteiger charge is 2.25. The van der Waals surface area contributed by atoms with Crippen LogP contribution in [0.1, 0.15) is 20.7 Å². The van der Waals surface area contributed by atoms with Gasteiger partial charge in [0.25, 0.3) is 5.91 Å². The Morgan fingerprint density at radius 2 is 1.53 bits per heavy atom. The number of nitrogens with two attached hydrogens (primary N) is 1. The third kappa shape index (κ3) is 7.21. The summed E-state index contributed by atoms with van der Waals surface area (Å²) in [5.74, 6) is -2.38. The summed E-state index contributed by atoms with van der Waals surface area (Å²) >= 11 is 0. The number of ether oxygens (including phenoxy) is 2. The number of piperazine rings is 1. The summed E-state index contributed by atoms with van der Waals surface area (Å²) in [6.07, 6.45) is 1.62. The van der Waals surface area contributed by atoms with Crippen LogP contribution in [0, 0.1) is 11.6 Å². The van der Waals surface area contributed by atoms with Crippen LogP contribution in [-0.4, -0.2) is 77.4 Å². The molecule has 0 bridgehead atoms. The maximum Gasteiger partial charge on any atom is 0.324 e. The number of rotatable bonds is 7. The van der Waals surface area contributed by atoms with Crippen LogP contribution in [0.5, 0.6) is 12.0 Å². The minimum absolute atomic E-state index is 0.117. The van der Waals surface area contributed by atoms with Gasteiger partial charge < -0.3 is 30.3 Å². The average Bonchev–Trinajstić information content (AvgIpc) is 3.53. The van der Waals surface area contributed by atoms with Crippen molar-refractivity contribution in [3.05, 3.63) is 89.6 Å². The van der Waals surface area contributed by atoms with E-state index in [0.717, 1.165) is 17.0 Å². The van der Waals surface area contributed by atoms with Gasteiger partial charge in [-0.05, 0) is 36.4 Å². The zero-order valence-electron chi connectivity index (χ0n) is 24.3. The lowest BCUT2D eigenvalue weighted by molar-refractivity contribution is 0.0997. The van der Waals surface area contributed by atoms with Crippen LogP contribution in [-0.2, 0) is 0 Å². The van der Waals surface area contributed by atoms with Gasteiger partial charge in [0, 0.05) is 48.9 Å². The summed E-state index contributed by atoms with van der Waals surface area (Å²) in [4.78, 5) is 39.4. The lowest BCUT2D eigenvalue weighted by atomic mass is 10.1. The fourth-order valence-corrected chi connectivity index (χ4v) is 4.57. The number of aromatic amines is 1. The van der Waals surface area contributed by atoms with Gasteiger partial charge in [0.05, 0.1) is 37.2 Å². The van der Waals surface area contributed by atoms with E-state index in [1.165, 1.54) is 20.3 Å². The summed E-state index contributed by atoms with van der Waals surface area (Å²) in [5.41, 5.74) is 6.68. The van der Waals surface area contributed by atoms with Gasteiger partial charge in [-0.1, -0.05) is 18.2 Å². The molecule has 1 aliphatic rings. The zero-order valence-corrected chi connectivity index (χ0v) is 24.3. The molecule has 3 heterocycles. The molecule has 0 spiro atoms. The third-order valence-electron chi connectivity index (χ3n) is 6.89. The molecule has 0 saturated carbocycles. The molecule has 1 saturated heterocycles. The van der Waals surface area contributed by atoms with Crippen molar-refractivity contribution in [3.63, 3.8) is 0 Å². The minimum atomic E-state index is -0.943. The largest absolute Gasteiger partial charge is 0.467 e. The molecule has 45 heavy (non-hydrogen) atoms. The number of benzene rings is 3. The van der Waals surface area contributed by atoms with Crippen LogP contribution >= 0.6 is 0 Å². The van der Waals surface area contributed by atoms with Crippen molar-refractivity contribution in [2.75, 3.05) is 55.5 Å². The van der Waals surface area contributed by atoms with Gasteiger partial charge in [0.1, 0.15) is 11.6 Å². The van der Waals surface area contributed by atoms with Crippen molar-refractivity contribution >= 4 is 40.0 Å². The molecule has 2 aromatic heterocycles. The van der Waals surface area contributed by atoms with Crippen LogP contribution in [0.3, 0.4) is 0 Å². The molecule has 6 rings (SSSR count). The van der Waals surface area contributed by atoms with Crippen LogP contribution in [0.2, 0.25) is 0 Å². The SMILES string of the molecule is COc1nc(OC)nc(N2CCN(c3cc(C(=O)Nc4ccc5[nH]ncc5c4)c(F)cc3F)CC2)n1.NC(=O)c1ccccc1. The number of nitrogens with one attached hydrogen (secondary N) is 2. The van der Waals surface area contributed by atoms with Gasteiger partial charge in [-0.15, -0.1) is 4.98 Å². The van der Waals surface area contributed by atoms with Crippen molar-refractivity contribution in [2.24, 2.45) is 5.73 Å². The molecule has 3 aromatic carbocycles. The molecule has 0 radical (unpaired) electrons. The van der Waals surface area contributed by atoms with E-state index in [1.54, 1.807) is 53.6 Å². The highest BCUT2D eigenvalue weighted by atomic mass is 19.1. The van der Waals surface area contributed by atoms with Crippen LogP contribution in [0.15, 0.2) is 66.9 Å². The summed E-state index contributed by atoms with van der Waals surface area (Å²) in [6.45, 7) is 1.66. The second-order valence-corrected chi connectivity index (χ2v) is 9.72. The van der Waals surface area contributed by atoms with E-state index in [4.69, 9.17) is 15.2 Å². The fraction of sp³-hybridized carbons (Fsp3) is 0.200. The number of carbonyl (C=O) groups excluding carboxylic acids is 2. The monoisotopic (exact) mass is 617 g/mol. The smallest absolute Gasteiger partial charge is 0.324 e. The minimum Gasteiger partial charge on any atom is -0.467 e.